The van der Waals surface area contributed by atoms with Crippen LogP contribution in [0.1, 0.15) is 103 Å². The van der Waals surface area contributed by atoms with E-state index in [9.17, 15) is 19.2 Å². The molecule has 0 radical (unpaired) electrons. The molecule has 10 nitrogen and oxygen atoms in total. The molecule has 1 aliphatic rings. The molecule has 0 atom stereocenters. The second-order valence-electron chi connectivity index (χ2n) is 11.7. The van der Waals surface area contributed by atoms with E-state index in [0.717, 1.165) is 129 Å². The minimum Gasteiger partial charge on any atom is -0.317 e. The van der Waals surface area contributed by atoms with Crippen LogP contribution in [0, 0.1) is 0 Å². The minimum absolute atomic E-state index is 0.177. The Bertz CT molecular complexity index is 1170. The first-order chi connectivity index (χ1) is 20.6. The number of hydrogen-bond acceptors (Lipinski definition) is 6. The van der Waals surface area contributed by atoms with Crippen LogP contribution in [0.3, 0.4) is 0 Å². The van der Waals surface area contributed by atoms with Crippen molar-refractivity contribution < 1.29 is 0 Å². The molecule has 0 spiro atoms. The summed E-state index contributed by atoms with van der Waals surface area (Å²) in [5.41, 5.74) is -0.753. The maximum atomic E-state index is 12.8. The topological polar surface area (TPSA) is 112 Å². The Morgan fingerprint density at radius 2 is 0.714 bits per heavy atom. The van der Waals surface area contributed by atoms with Gasteiger partial charge in [-0.2, -0.15) is 0 Å². The third kappa shape index (κ3) is 12.3. The zero-order chi connectivity index (χ0) is 29.8. The van der Waals surface area contributed by atoms with Crippen LogP contribution in [-0.2, 0) is 26.2 Å². The second-order valence-corrected chi connectivity index (χ2v) is 11.7. The van der Waals surface area contributed by atoms with Crippen molar-refractivity contribution in [3.63, 3.8) is 0 Å². The van der Waals surface area contributed by atoms with Crippen molar-refractivity contribution in [2.75, 3.05) is 26.2 Å². The van der Waals surface area contributed by atoms with Crippen LogP contribution in [0.5, 0.6) is 0 Å². The van der Waals surface area contributed by atoms with E-state index in [0.29, 0.717) is 26.2 Å². The SMILES string of the molecule is O=c1ccn2c(=O)n1CCCCCCNCCCCCCn1c(=O)ccn(c1=O)CCCCCCNCCCCCC2. The van der Waals surface area contributed by atoms with Gasteiger partial charge in [0.15, 0.2) is 0 Å². The van der Waals surface area contributed by atoms with Gasteiger partial charge < -0.3 is 19.8 Å². The maximum Gasteiger partial charge on any atom is 0.330 e. The zero-order valence-electron chi connectivity index (χ0n) is 25.7. The average molecular weight is 587 g/mol. The van der Waals surface area contributed by atoms with Gasteiger partial charge in [-0.25, -0.2) is 9.59 Å². The van der Waals surface area contributed by atoms with Crippen molar-refractivity contribution in [3.8, 4) is 0 Å². The Kier molecular flexibility index (Phi) is 16.3. The van der Waals surface area contributed by atoms with Crippen molar-refractivity contribution in [3.05, 3.63) is 66.2 Å². The summed E-state index contributed by atoms with van der Waals surface area (Å²) in [5.74, 6) is 0. The van der Waals surface area contributed by atoms with Crippen LogP contribution in [0.15, 0.2) is 43.7 Å². The van der Waals surface area contributed by atoms with Gasteiger partial charge in [0.2, 0.25) is 0 Å². The van der Waals surface area contributed by atoms with Gasteiger partial charge in [-0.1, -0.05) is 51.4 Å². The molecule has 3 heterocycles. The predicted molar refractivity (Wildman–Crippen MR) is 170 cm³/mol. The lowest BCUT2D eigenvalue weighted by Gasteiger charge is -2.11. The lowest BCUT2D eigenvalue weighted by atomic mass is 10.1. The molecule has 2 aromatic heterocycles. The summed E-state index contributed by atoms with van der Waals surface area (Å²) in [6, 6.07) is 3.05. The quantitative estimate of drug-likeness (QED) is 0.489. The van der Waals surface area contributed by atoms with Crippen LogP contribution >= 0.6 is 0 Å². The van der Waals surface area contributed by atoms with Crippen LogP contribution in [0.4, 0.5) is 0 Å². The molecule has 2 aromatic rings. The smallest absolute Gasteiger partial charge is 0.317 e. The first-order valence-corrected chi connectivity index (χ1v) is 16.6. The number of rotatable bonds is 0. The lowest BCUT2D eigenvalue weighted by Crippen LogP contribution is -2.39. The fourth-order valence-electron chi connectivity index (χ4n) is 5.63. The van der Waals surface area contributed by atoms with Gasteiger partial charge in [-0.05, 0) is 77.5 Å². The van der Waals surface area contributed by atoms with E-state index in [1.54, 1.807) is 21.5 Å². The molecular weight excluding hydrogens is 532 g/mol. The summed E-state index contributed by atoms with van der Waals surface area (Å²) in [6.07, 6.45) is 19.7. The highest BCUT2D eigenvalue weighted by molar-refractivity contribution is 4.87. The van der Waals surface area contributed by atoms with E-state index in [4.69, 9.17) is 0 Å². The summed E-state index contributed by atoms with van der Waals surface area (Å²) in [6.45, 7) is 6.22. The maximum absolute atomic E-state index is 12.8. The molecule has 236 valence electrons. The third-order valence-corrected chi connectivity index (χ3v) is 8.26. The van der Waals surface area contributed by atoms with Gasteiger partial charge >= 0.3 is 11.4 Å². The molecule has 3 rings (SSSR count). The van der Waals surface area contributed by atoms with E-state index in [-0.39, 0.29) is 22.5 Å². The Balaban J connectivity index is 1.45. The molecule has 42 heavy (non-hydrogen) atoms. The number of nitrogens with one attached hydrogen (secondary N) is 2. The highest BCUT2D eigenvalue weighted by atomic mass is 16.2. The summed E-state index contributed by atoms with van der Waals surface area (Å²) < 4.78 is 6.18. The van der Waals surface area contributed by atoms with E-state index >= 15 is 0 Å². The minimum atomic E-state index is -0.200. The first-order valence-electron chi connectivity index (χ1n) is 16.6. The van der Waals surface area contributed by atoms with Crippen LogP contribution in [0.2, 0.25) is 0 Å². The summed E-state index contributed by atoms with van der Waals surface area (Å²) in [7, 11) is 0. The summed E-state index contributed by atoms with van der Waals surface area (Å²) in [5, 5.41) is 7.02. The van der Waals surface area contributed by atoms with Gasteiger partial charge in [-0.15, -0.1) is 0 Å². The number of aryl methyl sites for hydroxylation is 2. The first kappa shape index (κ1) is 33.8. The molecule has 0 amide bonds. The summed E-state index contributed by atoms with van der Waals surface area (Å²) in [4.78, 5) is 50.2. The van der Waals surface area contributed by atoms with Crippen LogP contribution in [0.25, 0.3) is 0 Å². The van der Waals surface area contributed by atoms with Gasteiger partial charge in [0.1, 0.15) is 0 Å². The van der Waals surface area contributed by atoms with Crippen molar-refractivity contribution in [2.45, 2.75) is 129 Å². The number of aromatic nitrogens is 4. The standard InChI is InChI=1S/C32H54N6O4/c39-29-17-27-35-23-13-5-1-9-19-33-20-10-2-6-14-24-36-28-18-30(40)38(32(36)42)26-16-8-4-12-22-34-21-11-3-7-15-25-37(29)31(35)41/h17-18,27-28,33-34H,1-16,19-26H2. The molecular formula is C32H54N6O4. The zero-order valence-corrected chi connectivity index (χ0v) is 25.7. The number of fused-ring (bicyclic) bond motifs is 4. The normalized spacial score (nSPS) is 19.2. The Hall–Kier alpha value is -2.72. The van der Waals surface area contributed by atoms with E-state index in [2.05, 4.69) is 10.6 Å². The van der Waals surface area contributed by atoms with Crippen molar-refractivity contribution in [1.29, 1.82) is 0 Å². The van der Waals surface area contributed by atoms with E-state index < -0.39 is 0 Å². The molecule has 0 saturated heterocycles. The van der Waals surface area contributed by atoms with Crippen molar-refractivity contribution in [2.24, 2.45) is 0 Å². The van der Waals surface area contributed by atoms with Gasteiger partial charge in [0.05, 0.1) is 0 Å². The molecule has 0 aromatic carbocycles. The lowest BCUT2D eigenvalue weighted by molar-refractivity contribution is 0.479. The van der Waals surface area contributed by atoms with E-state index in [1.165, 1.54) is 21.3 Å². The van der Waals surface area contributed by atoms with Crippen LogP contribution in [-0.4, -0.2) is 44.4 Å². The molecule has 1 aliphatic heterocycles. The highest BCUT2D eigenvalue weighted by Crippen LogP contribution is 2.04. The van der Waals surface area contributed by atoms with Gasteiger partial charge in [-0.3, -0.25) is 18.7 Å². The van der Waals surface area contributed by atoms with Gasteiger partial charge in [0, 0.05) is 50.7 Å². The Labute approximate surface area is 250 Å². The molecule has 0 aliphatic carbocycles. The Morgan fingerprint density at radius 3 is 1.07 bits per heavy atom. The molecule has 0 fully saturated rings. The highest BCUT2D eigenvalue weighted by Gasteiger charge is 2.07. The Morgan fingerprint density at radius 1 is 0.405 bits per heavy atom. The molecule has 0 saturated carbocycles. The fourth-order valence-corrected chi connectivity index (χ4v) is 5.63. The molecule has 0 unspecified atom stereocenters. The fraction of sp³-hybridized carbons (Fsp3) is 0.750. The number of hydrogen-bond donors (Lipinski definition) is 2. The third-order valence-electron chi connectivity index (χ3n) is 8.26. The number of nitrogens with zero attached hydrogens (tertiary/aromatic N) is 4. The second kappa shape index (κ2) is 20.2. The van der Waals surface area contributed by atoms with Crippen molar-refractivity contribution in [1.82, 2.24) is 28.9 Å². The predicted octanol–water partition coefficient (Wildman–Crippen LogP) is 3.47. The van der Waals surface area contributed by atoms with Gasteiger partial charge in [0.25, 0.3) is 11.1 Å². The molecule has 2 N–H and O–H groups in total. The monoisotopic (exact) mass is 586 g/mol. The van der Waals surface area contributed by atoms with Crippen molar-refractivity contribution >= 4 is 0 Å². The van der Waals surface area contributed by atoms with E-state index in [1.807, 2.05) is 0 Å². The average Bonchev–Trinajstić information content (AvgIpc) is 2.98. The molecule has 4 bridgehead atoms. The van der Waals surface area contributed by atoms with Crippen LogP contribution < -0.4 is 33.1 Å². The largest absolute Gasteiger partial charge is 0.330 e. The summed E-state index contributed by atoms with van der Waals surface area (Å²) >= 11 is 0. The molecule has 10 heteroatoms.